The Bertz CT molecular complexity index is 1100. The number of hydrogen-bond donors (Lipinski definition) is 4. The Morgan fingerprint density at radius 3 is 2.83 bits per heavy atom. The first-order valence-corrected chi connectivity index (χ1v) is 12.5. The molecule has 3 rings (SSSR count). The van der Waals surface area contributed by atoms with E-state index in [1.807, 2.05) is 0 Å². The van der Waals surface area contributed by atoms with Crippen molar-refractivity contribution < 1.29 is 9.18 Å². The zero-order valence-electron chi connectivity index (χ0n) is 21.5. The Morgan fingerprint density at radius 2 is 2.11 bits per heavy atom. The predicted molar refractivity (Wildman–Crippen MR) is 142 cm³/mol. The van der Waals surface area contributed by atoms with Crippen LogP contribution in [0.4, 0.5) is 27.4 Å². The first-order chi connectivity index (χ1) is 17.4. The molecule has 0 aliphatic carbocycles. The van der Waals surface area contributed by atoms with Gasteiger partial charge in [0, 0.05) is 25.7 Å². The van der Waals surface area contributed by atoms with Crippen LogP contribution < -0.4 is 21.7 Å². The molecule has 0 fully saturated rings. The van der Waals surface area contributed by atoms with E-state index in [9.17, 15) is 9.18 Å². The molecule has 3 heterocycles. The molecule has 11 nitrogen and oxygen atoms in total. The van der Waals surface area contributed by atoms with Gasteiger partial charge in [0.2, 0.25) is 5.82 Å². The van der Waals surface area contributed by atoms with Crippen molar-refractivity contribution in [2.45, 2.75) is 52.5 Å². The zero-order chi connectivity index (χ0) is 26.1. The molecule has 0 spiro atoms. The fourth-order valence-electron chi connectivity index (χ4n) is 4.10. The first kappa shape index (κ1) is 27.2. The Kier molecular flexibility index (Phi) is 9.88. The van der Waals surface area contributed by atoms with Crippen LogP contribution in [-0.2, 0) is 0 Å². The molecule has 2 aromatic rings. The van der Waals surface area contributed by atoms with Crippen molar-refractivity contribution in [2.75, 3.05) is 49.6 Å². The number of halogens is 1. The number of nitrogens with two attached hydrogens (primary N) is 1. The summed E-state index contributed by atoms with van der Waals surface area (Å²) in [6.07, 6.45) is 8.02. The number of aliphatic imine (C=N–C) groups is 1. The summed E-state index contributed by atoms with van der Waals surface area (Å²) in [5, 5.41) is 22.3. The summed E-state index contributed by atoms with van der Waals surface area (Å²) in [4.78, 5) is 19.4. The third-order valence-corrected chi connectivity index (χ3v) is 5.95. The fraction of sp³-hybridized carbons (Fsp3) is 0.542. The number of likely N-dealkylation sites (N-methyl/N-ethyl adjacent to an activating group) is 1. The molecule has 0 aromatic carbocycles. The van der Waals surface area contributed by atoms with Crippen LogP contribution in [0.2, 0.25) is 0 Å². The fourth-order valence-corrected chi connectivity index (χ4v) is 4.10. The number of aromatic nitrogens is 4. The SMILES string of the molecule is C/C=C(F)\C=N/c1c2c(N)nn1-c1nncc(NCCC(CCC)NCCN(C)CCC)c1NC2=O. The lowest BCUT2D eigenvalue weighted by molar-refractivity contribution is 0.102. The summed E-state index contributed by atoms with van der Waals surface area (Å²) in [5.74, 6) is -0.736. The highest BCUT2D eigenvalue weighted by Crippen LogP contribution is 2.37. The van der Waals surface area contributed by atoms with E-state index >= 15 is 0 Å². The quantitative estimate of drug-likeness (QED) is 0.290. The lowest BCUT2D eigenvalue weighted by Gasteiger charge is -2.22. The molecular formula is C24H37FN10O. The molecule has 2 bridgehead atoms. The molecule has 196 valence electrons. The highest BCUT2D eigenvalue weighted by Gasteiger charge is 2.31. The third kappa shape index (κ3) is 6.64. The maximum absolute atomic E-state index is 13.7. The van der Waals surface area contributed by atoms with Crippen molar-refractivity contribution in [1.29, 1.82) is 0 Å². The summed E-state index contributed by atoms with van der Waals surface area (Å²) < 4.78 is 15.0. The average molecular weight is 501 g/mol. The number of fused-ring (bicyclic) bond motifs is 4. The van der Waals surface area contributed by atoms with Crippen LogP contribution >= 0.6 is 0 Å². The summed E-state index contributed by atoms with van der Waals surface area (Å²) in [7, 11) is 2.14. The topological polar surface area (TPSA) is 138 Å². The van der Waals surface area contributed by atoms with Crippen LogP contribution in [0, 0.1) is 0 Å². The van der Waals surface area contributed by atoms with Gasteiger partial charge in [-0.2, -0.15) is 9.78 Å². The maximum atomic E-state index is 13.7. The number of amides is 1. The van der Waals surface area contributed by atoms with E-state index in [1.54, 1.807) is 13.1 Å². The molecule has 1 aliphatic heterocycles. The van der Waals surface area contributed by atoms with Gasteiger partial charge in [-0.3, -0.25) is 4.79 Å². The molecule has 36 heavy (non-hydrogen) atoms. The molecule has 1 aliphatic rings. The van der Waals surface area contributed by atoms with Gasteiger partial charge in [-0.15, -0.1) is 10.2 Å². The lowest BCUT2D eigenvalue weighted by atomic mass is 10.1. The Balaban J connectivity index is 1.74. The second-order valence-corrected chi connectivity index (χ2v) is 8.80. The summed E-state index contributed by atoms with van der Waals surface area (Å²) in [5.41, 5.74) is 7.04. The standard InChI is InChI=1S/C24H37FN10O/c1-5-8-17(27-11-13-34(4)12-6-2)9-10-28-18-15-30-32-23-20(18)31-24(36)19-21(26)33-35(23)22(19)29-14-16(25)7-3/h7,14-15,17,27H,5-6,8-13H2,1-4H3,(H2,26,33)(H,28,32)(H,31,36)/b16-7+,29-14-. The number of nitrogen functional groups attached to an aromatic ring is 1. The van der Waals surface area contributed by atoms with Gasteiger partial charge >= 0.3 is 0 Å². The van der Waals surface area contributed by atoms with Gasteiger partial charge in [0.15, 0.2) is 11.6 Å². The number of hydrogen-bond acceptors (Lipinski definition) is 9. The van der Waals surface area contributed by atoms with Gasteiger partial charge in [0.25, 0.3) is 5.91 Å². The number of nitrogens with one attached hydrogen (secondary N) is 3. The molecule has 12 heteroatoms. The number of rotatable bonds is 14. The number of carbonyl (C=O) groups is 1. The van der Waals surface area contributed by atoms with Gasteiger partial charge in [-0.05, 0) is 39.8 Å². The van der Waals surface area contributed by atoms with Crippen LogP contribution in [0.3, 0.4) is 0 Å². The van der Waals surface area contributed by atoms with E-state index < -0.39 is 11.7 Å². The summed E-state index contributed by atoms with van der Waals surface area (Å²) >= 11 is 0. The largest absolute Gasteiger partial charge is 0.382 e. The van der Waals surface area contributed by atoms with Crippen molar-refractivity contribution in [1.82, 2.24) is 30.2 Å². The smallest absolute Gasteiger partial charge is 0.263 e. The first-order valence-electron chi connectivity index (χ1n) is 12.5. The summed E-state index contributed by atoms with van der Waals surface area (Å²) in [6, 6.07) is 0.371. The van der Waals surface area contributed by atoms with Crippen molar-refractivity contribution in [2.24, 2.45) is 4.99 Å². The van der Waals surface area contributed by atoms with Crippen molar-refractivity contribution in [3.05, 3.63) is 23.7 Å². The minimum atomic E-state index is -0.555. The van der Waals surface area contributed by atoms with Gasteiger partial charge in [-0.25, -0.2) is 9.38 Å². The second kappa shape index (κ2) is 13.1. The predicted octanol–water partition coefficient (Wildman–Crippen LogP) is 3.29. The van der Waals surface area contributed by atoms with Crippen LogP contribution in [0.15, 0.2) is 23.1 Å². The van der Waals surface area contributed by atoms with Crippen LogP contribution in [0.25, 0.3) is 5.82 Å². The maximum Gasteiger partial charge on any atom is 0.263 e. The second-order valence-electron chi connectivity index (χ2n) is 8.80. The molecule has 1 amide bonds. The van der Waals surface area contributed by atoms with Gasteiger partial charge in [0.1, 0.15) is 17.1 Å². The molecule has 5 N–H and O–H groups in total. The third-order valence-electron chi connectivity index (χ3n) is 5.95. The average Bonchev–Trinajstić information content (AvgIpc) is 3.12. The number of carbonyl (C=O) groups excluding carboxylic acids is 1. The Morgan fingerprint density at radius 1 is 1.31 bits per heavy atom. The van der Waals surface area contributed by atoms with Crippen LogP contribution in [-0.4, -0.2) is 76.3 Å². The molecule has 0 saturated carbocycles. The molecular weight excluding hydrogens is 463 g/mol. The van der Waals surface area contributed by atoms with E-state index in [0.717, 1.165) is 51.5 Å². The number of anilines is 3. The van der Waals surface area contributed by atoms with Crippen molar-refractivity contribution >= 4 is 35.1 Å². The highest BCUT2D eigenvalue weighted by atomic mass is 19.1. The van der Waals surface area contributed by atoms with E-state index in [-0.39, 0.29) is 23.0 Å². The van der Waals surface area contributed by atoms with E-state index in [0.29, 0.717) is 24.0 Å². The van der Waals surface area contributed by atoms with Crippen LogP contribution in [0.1, 0.15) is 56.8 Å². The highest BCUT2D eigenvalue weighted by molar-refractivity contribution is 6.14. The molecule has 2 aromatic heterocycles. The summed E-state index contributed by atoms with van der Waals surface area (Å²) in [6.45, 7) is 9.61. The Labute approximate surface area is 211 Å². The van der Waals surface area contributed by atoms with E-state index in [1.165, 1.54) is 10.8 Å². The minimum absolute atomic E-state index is 0.0237. The normalized spacial score (nSPS) is 14.2. The van der Waals surface area contributed by atoms with Gasteiger partial charge in [0.05, 0.1) is 18.1 Å². The molecule has 1 atom stereocenters. The van der Waals surface area contributed by atoms with Crippen LogP contribution in [0.5, 0.6) is 0 Å². The van der Waals surface area contributed by atoms with Gasteiger partial charge < -0.3 is 26.6 Å². The molecule has 1 unspecified atom stereocenters. The molecule has 0 saturated heterocycles. The molecule has 0 radical (unpaired) electrons. The van der Waals surface area contributed by atoms with Crippen molar-refractivity contribution in [3.63, 3.8) is 0 Å². The van der Waals surface area contributed by atoms with Gasteiger partial charge in [-0.1, -0.05) is 26.3 Å². The number of nitrogens with zero attached hydrogens (tertiary/aromatic N) is 6. The number of allylic oxidation sites excluding steroid dienone is 2. The van der Waals surface area contributed by atoms with E-state index in [4.69, 9.17) is 5.73 Å². The zero-order valence-corrected chi connectivity index (χ0v) is 21.5. The lowest BCUT2D eigenvalue weighted by Crippen LogP contribution is -2.37. The minimum Gasteiger partial charge on any atom is -0.382 e. The van der Waals surface area contributed by atoms with E-state index in [2.05, 4.69) is 62.0 Å². The Hall–Kier alpha value is -3.38. The monoisotopic (exact) mass is 500 g/mol. The van der Waals surface area contributed by atoms with Crippen molar-refractivity contribution in [3.8, 4) is 5.82 Å².